The molecular weight excluding hydrogens is 328 g/mol. The third kappa shape index (κ3) is 5.21. The van der Waals surface area contributed by atoms with Gasteiger partial charge in [0.05, 0.1) is 0 Å². The second-order valence-electron chi connectivity index (χ2n) is 7.52. The number of aryl methyl sites for hydroxylation is 1. The van der Waals surface area contributed by atoms with E-state index in [-0.39, 0.29) is 11.9 Å². The molecule has 26 heavy (non-hydrogen) atoms. The highest BCUT2D eigenvalue weighted by molar-refractivity contribution is 5.89. The predicted molar refractivity (Wildman–Crippen MR) is 103 cm³/mol. The number of urea groups is 1. The lowest BCUT2D eigenvalue weighted by molar-refractivity contribution is -0.138. The summed E-state index contributed by atoms with van der Waals surface area (Å²) in [5.74, 6) is 0.811. The van der Waals surface area contributed by atoms with Crippen LogP contribution in [-0.2, 0) is 4.79 Å². The van der Waals surface area contributed by atoms with Crippen LogP contribution in [0.4, 0.5) is 10.5 Å². The van der Waals surface area contributed by atoms with Gasteiger partial charge in [0.15, 0.2) is 0 Å². The third-order valence-corrected chi connectivity index (χ3v) is 5.38. The topological polar surface area (TPSA) is 73.5 Å². The van der Waals surface area contributed by atoms with Gasteiger partial charge in [-0.05, 0) is 63.7 Å². The van der Waals surface area contributed by atoms with Gasteiger partial charge in [0.2, 0.25) is 5.91 Å². The number of nitrogens with zero attached hydrogens (tertiary/aromatic N) is 1. The van der Waals surface area contributed by atoms with Gasteiger partial charge in [-0.25, -0.2) is 4.79 Å². The van der Waals surface area contributed by atoms with Crippen LogP contribution in [0.15, 0.2) is 24.3 Å². The smallest absolute Gasteiger partial charge is 0.319 e. The fourth-order valence-corrected chi connectivity index (χ4v) is 3.81. The van der Waals surface area contributed by atoms with Crippen LogP contribution in [0.3, 0.4) is 0 Å². The molecule has 6 nitrogen and oxygen atoms in total. The van der Waals surface area contributed by atoms with Gasteiger partial charge in [-0.3, -0.25) is 4.79 Å². The van der Waals surface area contributed by atoms with E-state index in [0.29, 0.717) is 18.4 Å². The molecule has 0 saturated carbocycles. The third-order valence-electron chi connectivity index (χ3n) is 5.38. The summed E-state index contributed by atoms with van der Waals surface area (Å²) in [6.07, 6.45) is 3.96. The van der Waals surface area contributed by atoms with E-state index in [0.717, 1.165) is 63.1 Å². The van der Waals surface area contributed by atoms with Gasteiger partial charge in [0, 0.05) is 31.2 Å². The maximum absolute atomic E-state index is 12.7. The molecule has 1 atom stereocenters. The van der Waals surface area contributed by atoms with Gasteiger partial charge in [-0.15, -0.1) is 0 Å². The quantitative estimate of drug-likeness (QED) is 0.774. The summed E-state index contributed by atoms with van der Waals surface area (Å²) in [5, 5.41) is 9.13. The first-order valence-corrected chi connectivity index (χ1v) is 9.73. The lowest BCUT2D eigenvalue weighted by Crippen LogP contribution is -2.47. The van der Waals surface area contributed by atoms with Gasteiger partial charge < -0.3 is 20.9 Å². The molecule has 0 bridgehead atoms. The number of hydrogen-bond donors (Lipinski definition) is 3. The molecule has 3 N–H and O–H groups in total. The highest BCUT2D eigenvalue weighted by Crippen LogP contribution is 2.21. The summed E-state index contributed by atoms with van der Waals surface area (Å²) in [7, 11) is 0. The average Bonchev–Trinajstić information content (AvgIpc) is 2.68. The van der Waals surface area contributed by atoms with Crippen molar-refractivity contribution in [3.05, 3.63) is 29.8 Å². The van der Waals surface area contributed by atoms with Crippen molar-refractivity contribution in [1.29, 1.82) is 0 Å². The van der Waals surface area contributed by atoms with E-state index in [9.17, 15) is 9.59 Å². The average molecular weight is 358 g/mol. The fourth-order valence-electron chi connectivity index (χ4n) is 3.81. The molecule has 1 aromatic rings. The van der Waals surface area contributed by atoms with Crippen LogP contribution in [0, 0.1) is 18.8 Å². The highest BCUT2D eigenvalue weighted by Gasteiger charge is 2.29. The number of nitrogens with one attached hydrogen (secondary N) is 3. The second-order valence-corrected chi connectivity index (χ2v) is 7.52. The molecule has 3 rings (SSSR count). The number of carbonyl (C=O) groups excluding carboxylic acids is 2. The summed E-state index contributed by atoms with van der Waals surface area (Å²) < 4.78 is 0. The summed E-state index contributed by atoms with van der Waals surface area (Å²) in [5.41, 5.74) is 1.95. The van der Waals surface area contributed by atoms with E-state index in [1.165, 1.54) is 0 Å². The highest BCUT2D eigenvalue weighted by atomic mass is 16.2. The van der Waals surface area contributed by atoms with Gasteiger partial charge in [-0.2, -0.15) is 0 Å². The van der Waals surface area contributed by atoms with E-state index >= 15 is 0 Å². The molecule has 2 saturated heterocycles. The van der Waals surface area contributed by atoms with Crippen molar-refractivity contribution in [2.45, 2.75) is 32.6 Å². The SMILES string of the molecule is Cc1ccc(NC(=O)NCC2CCCN(C(=O)C3CCNCC3)C2)cc1. The minimum Gasteiger partial charge on any atom is -0.342 e. The summed E-state index contributed by atoms with van der Waals surface area (Å²) >= 11 is 0. The lowest BCUT2D eigenvalue weighted by Gasteiger charge is -2.36. The number of amides is 3. The van der Waals surface area contributed by atoms with Crippen LogP contribution in [0.1, 0.15) is 31.2 Å². The number of benzene rings is 1. The van der Waals surface area contributed by atoms with Crippen LogP contribution in [0.2, 0.25) is 0 Å². The maximum atomic E-state index is 12.7. The molecule has 2 aliphatic rings. The van der Waals surface area contributed by atoms with Gasteiger partial charge >= 0.3 is 6.03 Å². The van der Waals surface area contributed by atoms with Crippen molar-refractivity contribution in [3.63, 3.8) is 0 Å². The van der Waals surface area contributed by atoms with Gasteiger partial charge in [0.25, 0.3) is 0 Å². The first kappa shape index (κ1) is 18.7. The number of hydrogen-bond acceptors (Lipinski definition) is 3. The molecule has 6 heteroatoms. The normalized spacial score (nSPS) is 21.3. The molecular formula is C20H30N4O2. The van der Waals surface area contributed by atoms with E-state index in [1.54, 1.807) is 0 Å². The Morgan fingerprint density at radius 2 is 1.88 bits per heavy atom. The fraction of sp³-hybridized carbons (Fsp3) is 0.600. The standard InChI is InChI=1S/C20H30N4O2/c1-15-4-6-18(7-5-15)23-20(26)22-13-16-3-2-12-24(14-16)19(25)17-8-10-21-11-9-17/h4-7,16-17,21H,2-3,8-14H2,1H3,(H2,22,23,26). The summed E-state index contributed by atoms with van der Waals surface area (Å²) in [4.78, 5) is 26.8. The molecule has 2 heterocycles. The Labute approximate surface area is 155 Å². The first-order valence-electron chi connectivity index (χ1n) is 9.73. The molecule has 0 spiro atoms. The zero-order valence-electron chi connectivity index (χ0n) is 15.6. The number of likely N-dealkylation sites (tertiary alicyclic amines) is 1. The lowest BCUT2D eigenvalue weighted by atomic mass is 9.93. The van der Waals surface area contributed by atoms with Crippen molar-refractivity contribution in [2.24, 2.45) is 11.8 Å². The number of piperidine rings is 2. The van der Waals surface area contributed by atoms with Gasteiger partial charge in [0.1, 0.15) is 0 Å². The van der Waals surface area contributed by atoms with E-state index in [2.05, 4.69) is 16.0 Å². The molecule has 142 valence electrons. The second kappa shape index (κ2) is 9.03. The number of rotatable bonds is 4. The van der Waals surface area contributed by atoms with E-state index in [4.69, 9.17) is 0 Å². The van der Waals surface area contributed by atoms with Crippen molar-refractivity contribution in [3.8, 4) is 0 Å². The Morgan fingerprint density at radius 1 is 1.15 bits per heavy atom. The molecule has 0 radical (unpaired) electrons. The Hall–Kier alpha value is -2.08. The monoisotopic (exact) mass is 358 g/mol. The molecule has 2 fully saturated rings. The number of anilines is 1. The minimum atomic E-state index is -0.185. The van der Waals surface area contributed by atoms with Crippen LogP contribution in [0.5, 0.6) is 0 Å². The largest absolute Gasteiger partial charge is 0.342 e. The molecule has 1 unspecified atom stereocenters. The van der Waals surface area contributed by atoms with Crippen LogP contribution < -0.4 is 16.0 Å². The summed E-state index contributed by atoms with van der Waals surface area (Å²) in [6, 6.07) is 7.56. The van der Waals surface area contributed by atoms with Crippen molar-refractivity contribution < 1.29 is 9.59 Å². The molecule has 1 aromatic carbocycles. The zero-order valence-corrected chi connectivity index (χ0v) is 15.6. The zero-order chi connectivity index (χ0) is 18.4. The molecule has 0 aromatic heterocycles. The van der Waals surface area contributed by atoms with E-state index in [1.807, 2.05) is 36.1 Å². The molecule has 0 aliphatic carbocycles. The van der Waals surface area contributed by atoms with Crippen LogP contribution >= 0.6 is 0 Å². The molecule has 3 amide bonds. The summed E-state index contributed by atoms with van der Waals surface area (Å²) in [6.45, 7) is 6.11. The van der Waals surface area contributed by atoms with Crippen molar-refractivity contribution in [1.82, 2.24) is 15.5 Å². The van der Waals surface area contributed by atoms with Crippen molar-refractivity contribution >= 4 is 17.6 Å². The van der Waals surface area contributed by atoms with Crippen molar-refractivity contribution in [2.75, 3.05) is 38.0 Å². The Bertz CT molecular complexity index is 611. The maximum Gasteiger partial charge on any atom is 0.319 e. The van der Waals surface area contributed by atoms with Gasteiger partial charge in [-0.1, -0.05) is 17.7 Å². The Kier molecular flexibility index (Phi) is 6.50. The number of carbonyl (C=O) groups is 2. The first-order chi connectivity index (χ1) is 12.6. The van der Waals surface area contributed by atoms with Crippen LogP contribution in [0.25, 0.3) is 0 Å². The molecule has 2 aliphatic heterocycles. The Morgan fingerprint density at radius 3 is 2.62 bits per heavy atom. The predicted octanol–water partition coefficient (Wildman–Crippen LogP) is 2.35. The van der Waals surface area contributed by atoms with E-state index < -0.39 is 0 Å². The van der Waals surface area contributed by atoms with Crippen LogP contribution in [-0.4, -0.2) is 49.6 Å². The minimum absolute atomic E-state index is 0.174. The Balaban J connectivity index is 1.43.